The van der Waals surface area contributed by atoms with E-state index < -0.39 is 0 Å². The summed E-state index contributed by atoms with van der Waals surface area (Å²) < 4.78 is 0. The first-order valence-corrected chi connectivity index (χ1v) is 4.48. The minimum absolute atomic E-state index is 0.858. The van der Waals surface area contributed by atoms with Gasteiger partial charge in [0.1, 0.15) is 0 Å². The van der Waals surface area contributed by atoms with E-state index in [1.165, 1.54) is 5.56 Å². The van der Waals surface area contributed by atoms with E-state index >= 15 is 0 Å². The van der Waals surface area contributed by atoms with Crippen LogP contribution in [0.3, 0.4) is 0 Å². The molecular formula is C11H13Cl. The lowest BCUT2D eigenvalue weighted by molar-refractivity contribution is 1.00. The van der Waals surface area contributed by atoms with E-state index in [-0.39, 0.29) is 0 Å². The van der Waals surface area contributed by atoms with E-state index in [1.807, 2.05) is 19.1 Å². The molecular weight excluding hydrogens is 168 g/mol. The smallest absolute Gasteiger partial charge is 0.0437 e. The summed E-state index contributed by atoms with van der Waals surface area (Å²) in [4.78, 5) is 0. The van der Waals surface area contributed by atoms with Crippen LogP contribution in [-0.4, -0.2) is 0 Å². The molecule has 64 valence electrons. The van der Waals surface area contributed by atoms with Crippen molar-refractivity contribution in [3.8, 4) is 0 Å². The first-order valence-electron chi connectivity index (χ1n) is 4.10. The maximum Gasteiger partial charge on any atom is 0.0437 e. The fourth-order valence-corrected chi connectivity index (χ4v) is 1.26. The minimum Gasteiger partial charge on any atom is -0.103 e. The Morgan fingerprint density at radius 3 is 2.83 bits per heavy atom. The zero-order valence-corrected chi connectivity index (χ0v) is 8.06. The molecule has 0 bridgehead atoms. The van der Waals surface area contributed by atoms with Gasteiger partial charge in [-0.2, -0.15) is 0 Å². The molecule has 0 radical (unpaired) electrons. The van der Waals surface area contributed by atoms with Crippen LogP contribution >= 0.6 is 11.6 Å². The third kappa shape index (κ3) is 2.38. The summed E-state index contributed by atoms with van der Waals surface area (Å²) in [6.45, 7) is 5.70. The third-order valence-corrected chi connectivity index (χ3v) is 2.28. The summed E-state index contributed by atoms with van der Waals surface area (Å²) in [7, 11) is 0. The highest BCUT2D eigenvalue weighted by molar-refractivity contribution is 6.31. The van der Waals surface area contributed by atoms with Gasteiger partial charge in [0.15, 0.2) is 0 Å². The molecule has 0 N–H and O–H groups in total. The van der Waals surface area contributed by atoms with Gasteiger partial charge in [-0.1, -0.05) is 29.8 Å². The summed E-state index contributed by atoms with van der Waals surface area (Å²) in [5.41, 5.74) is 2.42. The molecule has 1 aromatic rings. The Labute approximate surface area is 78.9 Å². The van der Waals surface area contributed by atoms with E-state index in [1.54, 1.807) is 0 Å². The lowest BCUT2D eigenvalue weighted by Crippen LogP contribution is -1.84. The van der Waals surface area contributed by atoms with Crippen molar-refractivity contribution in [2.24, 2.45) is 0 Å². The molecule has 0 aliphatic heterocycles. The van der Waals surface area contributed by atoms with Crippen molar-refractivity contribution in [3.05, 3.63) is 47.0 Å². The second-order valence-electron chi connectivity index (χ2n) is 2.91. The number of rotatable bonds is 3. The molecule has 0 heterocycles. The van der Waals surface area contributed by atoms with Crippen molar-refractivity contribution in [1.82, 2.24) is 0 Å². The molecule has 0 aliphatic rings. The highest BCUT2D eigenvalue weighted by Crippen LogP contribution is 2.17. The van der Waals surface area contributed by atoms with Crippen LogP contribution in [0.5, 0.6) is 0 Å². The average Bonchev–Trinajstić information content (AvgIpc) is 2.07. The predicted octanol–water partition coefficient (Wildman–Crippen LogP) is 3.77. The molecule has 1 rings (SSSR count). The molecule has 0 nitrogen and oxygen atoms in total. The summed E-state index contributed by atoms with van der Waals surface area (Å²) in [5.74, 6) is 0. The van der Waals surface area contributed by atoms with E-state index in [4.69, 9.17) is 11.6 Å². The van der Waals surface area contributed by atoms with Gasteiger partial charge in [-0.05, 0) is 37.0 Å². The van der Waals surface area contributed by atoms with E-state index in [0.717, 1.165) is 23.4 Å². The Balaban J connectivity index is 2.75. The van der Waals surface area contributed by atoms with Gasteiger partial charge in [0, 0.05) is 5.02 Å². The Hall–Kier alpha value is -0.750. The molecule has 12 heavy (non-hydrogen) atoms. The molecule has 0 aromatic heterocycles. The summed E-state index contributed by atoms with van der Waals surface area (Å²) in [6, 6.07) is 6.20. The first-order chi connectivity index (χ1) is 5.74. The van der Waals surface area contributed by atoms with Gasteiger partial charge in [0.2, 0.25) is 0 Å². The van der Waals surface area contributed by atoms with Crippen molar-refractivity contribution in [2.45, 2.75) is 19.8 Å². The molecule has 0 aliphatic carbocycles. The standard InChI is InChI=1S/C11H13Cl/c1-3-4-5-10-7-6-9(2)11(12)8-10/h3,6-8H,1,4-5H2,2H3. The van der Waals surface area contributed by atoms with Gasteiger partial charge in [-0.3, -0.25) is 0 Å². The molecule has 0 spiro atoms. The van der Waals surface area contributed by atoms with Gasteiger partial charge in [-0.25, -0.2) is 0 Å². The Morgan fingerprint density at radius 1 is 1.50 bits per heavy atom. The van der Waals surface area contributed by atoms with Crippen LogP contribution in [0.1, 0.15) is 17.5 Å². The molecule has 0 fully saturated rings. The van der Waals surface area contributed by atoms with Crippen molar-refractivity contribution in [2.75, 3.05) is 0 Å². The Morgan fingerprint density at radius 2 is 2.25 bits per heavy atom. The molecule has 0 amide bonds. The fourth-order valence-electron chi connectivity index (χ4n) is 1.06. The second kappa shape index (κ2) is 4.32. The summed E-state index contributed by atoms with van der Waals surface area (Å²) in [5, 5.41) is 0.858. The number of allylic oxidation sites excluding steroid dienone is 1. The maximum absolute atomic E-state index is 5.97. The van der Waals surface area contributed by atoms with Crippen molar-refractivity contribution < 1.29 is 0 Å². The normalized spacial score (nSPS) is 9.83. The molecule has 1 aromatic carbocycles. The quantitative estimate of drug-likeness (QED) is 0.622. The lowest BCUT2D eigenvalue weighted by atomic mass is 10.1. The minimum atomic E-state index is 0.858. The van der Waals surface area contributed by atoms with Crippen LogP contribution in [0.4, 0.5) is 0 Å². The Bertz CT molecular complexity index is 276. The van der Waals surface area contributed by atoms with Gasteiger partial charge >= 0.3 is 0 Å². The van der Waals surface area contributed by atoms with Crippen LogP contribution in [0.25, 0.3) is 0 Å². The predicted molar refractivity (Wildman–Crippen MR) is 54.7 cm³/mol. The summed E-state index contributed by atoms with van der Waals surface area (Å²) in [6.07, 6.45) is 3.97. The van der Waals surface area contributed by atoms with Crippen LogP contribution in [0, 0.1) is 6.92 Å². The molecule has 0 atom stereocenters. The fraction of sp³-hybridized carbons (Fsp3) is 0.273. The monoisotopic (exact) mass is 180 g/mol. The van der Waals surface area contributed by atoms with Gasteiger partial charge < -0.3 is 0 Å². The van der Waals surface area contributed by atoms with Crippen molar-refractivity contribution in [3.63, 3.8) is 0 Å². The van der Waals surface area contributed by atoms with Crippen LogP contribution in [-0.2, 0) is 6.42 Å². The first kappa shape index (κ1) is 9.34. The SMILES string of the molecule is C=CCCc1ccc(C)c(Cl)c1. The van der Waals surface area contributed by atoms with Gasteiger partial charge in [0.05, 0.1) is 0 Å². The molecule has 0 saturated carbocycles. The second-order valence-corrected chi connectivity index (χ2v) is 3.32. The topological polar surface area (TPSA) is 0 Å². The largest absolute Gasteiger partial charge is 0.103 e. The van der Waals surface area contributed by atoms with E-state index in [0.29, 0.717) is 0 Å². The number of aryl methyl sites for hydroxylation is 2. The van der Waals surface area contributed by atoms with Gasteiger partial charge in [-0.15, -0.1) is 6.58 Å². The average molecular weight is 181 g/mol. The van der Waals surface area contributed by atoms with Crippen molar-refractivity contribution in [1.29, 1.82) is 0 Å². The zero-order chi connectivity index (χ0) is 8.97. The highest BCUT2D eigenvalue weighted by atomic mass is 35.5. The lowest BCUT2D eigenvalue weighted by Gasteiger charge is -2.01. The third-order valence-electron chi connectivity index (χ3n) is 1.87. The maximum atomic E-state index is 5.97. The summed E-state index contributed by atoms with van der Waals surface area (Å²) >= 11 is 5.97. The van der Waals surface area contributed by atoms with E-state index in [2.05, 4.69) is 18.7 Å². The molecule has 0 saturated heterocycles. The zero-order valence-electron chi connectivity index (χ0n) is 7.31. The van der Waals surface area contributed by atoms with Crippen LogP contribution < -0.4 is 0 Å². The number of benzene rings is 1. The van der Waals surface area contributed by atoms with Crippen molar-refractivity contribution >= 4 is 11.6 Å². The number of halogens is 1. The van der Waals surface area contributed by atoms with Crippen LogP contribution in [0.2, 0.25) is 5.02 Å². The van der Waals surface area contributed by atoms with Crippen LogP contribution in [0.15, 0.2) is 30.9 Å². The Kier molecular flexibility index (Phi) is 3.36. The molecule has 1 heteroatoms. The van der Waals surface area contributed by atoms with Gasteiger partial charge in [0.25, 0.3) is 0 Å². The number of hydrogen-bond donors (Lipinski definition) is 0. The highest BCUT2D eigenvalue weighted by Gasteiger charge is 1.96. The number of hydrogen-bond acceptors (Lipinski definition) is 0. The van der Waals surface area contributed by atoms with E-state index in [9.17, 15) is 0 Å². The molecule has 0 unspecified atom stereocenters.